The summed E-state index contributed by atoms with van der Waals surface area (Å²) in [5.41, 5.74) is 3.42. The first-order valence-corrected chi connectivity index (χ1v) is 8.60. The predicted molar refractivity (Wildman–Crippen MR) is 101 cm³/mol. The maximum absolute atomic E-state index is 11.9. The second-order valence-corrected chi connectivity index (χ2v) is 6.06. The number of amides is 2. The number of benzene rings is 2. The first kappa shape index (κ1) is 19.5. The zero-order valence-corrected chi connectivity index (χ0v) is 15.6. The van der Waals surface area contributed by atoms with Gasteiger partial charge < -0.3 is 15.2 Å². The van der Waals surface area contributed by atoms with Crippen molar-refractivity contribution in [2.75, 3.05) is 13.2 Å². The number of phenolic OH excluding ortho intramolecular Hbond substituents is 1. The summed E-state index contributed by atoms with van der Waals surface area (Å²) in [5, 5.41) is 16.0. The van der Waals surface area contributed by atoms with Crippen LogP contribution in [0.15, 0.2) is 52.0 Å². The van der Waals surface area contributed by atoms with Crippen molar-refractivity contribution in [3.8, 4) is 11.5 Å². The third-order valence-electron chi connectivity index (χ3n) is 3.20. The van der Waals surface area contributed by atoms with Crippen LogP contribution in [-0.4, -0.2) is 36.3 Å². The molecule has 3 N–H and O–H groups in total. The molecule has 0 fully saturated rings. The molecule has 8 heteroatoms. The molecule has 0 heterocycles. The average molecular weight is 420 g/mol. The van der Waals surface area contributed by atoms with Gasteiger partial charge in [-0.1, -0.05) is 15.9 Å². The third kappa shape index (κ3) is 5.89. The van der Waals surface area contributed by atoms with Gasteiger partial charge in [0.25, 0.3) is 11.8 Å². The van der Waals surface area contributed by atoms with Crippen molar-refractivity contribution in [3.63, 3.8) is 0 Å². The molecule has 136 valence electrons. The quantitative estimate of drug-likeness (QED) is 0.473. The van der Waals surface area contributed by atoms with Crippen LogP contribution >= 0.6 is 15.9 Å². The number of rotatable bonds is 7. The van der Waals surface area contributed by atoms with Crippen molar-refractivity contribution >= 4 is 34.0 Å². The molecule has 2 aromatic rings. The lowest BCUT2D eigenvalue weighted by molar-refractivity contribution is -0.120. The molecule has 0 saturated heterocycles. The van der Waals surface area contributed by atoms with Gasteiger partial charge in [0.05, 0.1) is 19.4 Å². The van der Waals surface area contributed by atoms with Gasteiger partial charge in [-0.05, 0) is 55.0 Å². The fourth-order valence-corrected chi connectivity index (χ4v) is 2.23. The normalized spacial score (nSPS) is 10.5. The minimum atomic E-state index is -0.462. The zero-order valence-electron chi connectivity index (χ0n) is 14.0. The molecule has 0 aliphatic carbocycles. The molecule has 0 saturated carbocycles. The second-order valence-electron chi connectivity index (χ2n) is 5.14. The SMILES string of the molecule is CCOc1cc(/C=N/NC(=O)CNC(=O)c2ccc(Br)cc2)ccc1O. The molecule has 2 aromatic carbocycles. The van der Waals surface area contributed by atoms with E-state index >= 15 is 0 Å². The van der Waals surface area contributed by atoms with E-state index in [1.165, 1.54) is 12.3 Å². The highest BCUT2D eigenvalue weighted by Crippen LogP contribution is 2.26. The summed E-state index contributed by atoms with van der Waals surface area (Å²) >= 11 is 3.29. The Kier molecular flexibility index (Phi) is 7.16. The summed E-state index contributed by atoms with van der Waals surface area (Å²) in [4.78, 5) is 23.6. The standard InChI is InChI=1S/C18H18BrN3O4/c1-2-26-16-9-12(3-8-15(16)23)10-21-22-17(24)11-20-18(25)13-4-6-14(19)7-5-13/h3-10,23H,2,11H2,1H3,(H,20,25)(H,22,24)/b21-10+. The largest absolute Gasteiger partial charge is 0.504 e. The molecule has 0 atom stereocenters. The van der Waals surface area contributed by atoms with Crippen LogP contribution in [0.5, 0.6) is 11.5 Å². The van der Waals surface area contributed by atoms with Gasteiger partial charge in [0, 0.05) is 10.0 Å². The van der Waals surface area contributed by atoms with E-state index in [1.807, 2.05) is 6.92 Å². The van der Waals surface area contributed by atoms with E-state index in [9.17, 15) is 14.7 Å². The van der Waals surface area contributed by atoms with Gasteiger partial charge in [0.15, 0.2) is 11.5 Å². The fraction of sp³-hybridized carbons (Fsp3) is 0.167. The van der Waals surface area contributed by atoms with Crippen molar-refractivity contribution in [1.82, 2.24) is 10.7 Å². The maximum Gasteiger partial charge on any atom is 0.259 e. The topological polar surface area (TPSA) is 100 Å². The predicted octanol–water partition coefficient (Wildman–Crippen LogP) is 2.43. The Hall–Kier alpha value is -2.87. The van der Waals surface area contributed by atoms with Crippen LogP contribution in [0.25, 0.3) is 0 Å². The number of ether oxygens (including phenoxy) is 1. The first-order chi connectivity index (χ1) is 12.5. The van der Waals surface area contributed by atoms with E-state index in [4.69, 9.17) is 4.74 Å². The van der Waals surface area contributed by atoms with E-state index in [1.54, 1.807) is 36.4 Å². The molecule has 2 amide bonds. The van der Waals surface area contributed by atoms with E-state index < -0.39 is 5.91 Å². The number of nitrogens with zero attached hydrogens (tertiary/aromatic N) is 1. The van der Waals surface area contributed by atoms with Crippen molar-refractivity contribution in [2.45, 2.75) is 6.92 Å². The van der Waals surface area contributed by atoms with Gasteiger partial charge in [-0.15, -0.1) is 0 Å². The van der Waals surface area contributed by atoms with Gasteiger partial charge in [-0.25, -0.2) is 5.43 Å². The lowest BCUT2D eigenvalue weighted by Crippen LogP contribution is -2.34. The molecule has 0 unspecified atom stereocenters. The van der Waals surface area contributed by atoms with Gasteiger partial charge in [0.1, 0.15) is 0 Å². The smallest absolute Gasteiger partial charge is 0.259 e. The third-order valence-corrected chi connectivity index (χ3v) is 3.73. The maximum atomic E-state index is 11.9. The Bertz CT molecular complexity index is 807. The molecule has 0 aliphatic rings. The molecule has 0 radical (unpaired) electrons. The number of aromatic hydroxyl groups is 1. The van der Waals surface area contributed by atoms with E-state index in [0.29, 0.717) is 23.5 Å². The number of halogens is 1. The number of hydrogen-bond acceptors (Lipinski definition) is 5. The van der Waals surface area contributed by atoms with Crippen molar-refractivity contribution in [1.29, 1.82) is 0 Å². The highest BCUT2D eigenvalue weighted by Gasteiger charge is 2.07. The van der Waals surface area contributed by atoms with E-state index in [0.717, 1.165) is 4.47 Å². The van der Waals surface area contributed by atoms with Gasteiger partial charge in [-0.3, -0.25) is 9.59 Å². The zero-order chi connectivity index (χ0) is 18.9. The molecule has 2 rings (SSSR count). The lowest BCUT2D eigenvalue weighted by atomic mass is 10.2. The Morgan fingerprint density at radius 1 is 1.23 bits per heavy atom. The summed E-state index contributed by atoms with van der Waals surface area (Å²) in [7, 11) is 0. The minimum absolute atomic E-state index is 0.0312. The summed E-state index contributed by atoms with van der Waals surface area (Å²) in [6, 6.07) is 11.5. The Labute approximate surface area is 159 Å². The second kappa shape index (κ2) is 9.57. The number of hydrogen-bond donors (Lipinski definition) is 3. The number of nitrogens with one attached hydrogen (secondary N) is 2. The summed E-state index contributed by atoms with van der Waals surface area (Å²) in [6.45, 7) is 2.03. The van der Waals surface area contributed by atoms with Crippen LogP contribution in [0.3, 0.4) is 0 Å². The molecular weight excluding hydrogens is 402 g/mol. The van der Waals surface area contributed by atoms with Crippen LogP contribution in [0, 0.1) is 0 Å². The van der Waals surface area contributed by atoms with Gasteiger partial charge in [-0.2, -0.15) is 5.10 Å². The van der Waals surface area contributed by atoms with Crippen LogP contribution in [-0.2, 0) is 4.79 Å². The molecule has 26 heavy (non-hydrogen) atoms. The van der Waals surface area contributed by atoms with E-state index in [2.05, 4.69) is 31.8 Å². The van der Waals surface area contributed by atoms with Crippen LogP contribution in [0.2, 0.25) is 0 Å². The van der Waals surface area contributed by atoms with Gasteiger partial charge in [0.2, 0.25) is 0 Å². The van der Waals surface area contributed by atoms with Crippen LogP contribution in [0.1, 0.15) is 22.8 Å². The van der Waals surface area contributed by atoms with Gasteiger partial charge >= 0.3 is 0 Å². The summed E-state index contributed by atoms with van der Waals surface area (Å²) in [6.07, 6.45) is 1.41. The first-order valence-electron chi connectivity index (χ1n) is 7.81. The van der Waals surface area contributed by atoms with Crippen molar-refractivity contribution in [2.24, 2.45) is 5.10 Å². The molecular formula is C18H18BrN3O4. The molecule has 7 nitrogen and oxygen atoms in total. The Balaban J connectivity index is 1.83. The summed E-state index contributed by atoms with van der Waals surface area (Å²) in [5.74, 6) is -0.444. The van der Waals surface area contributed by atoms with Crippen LogP contribution < -0.4 is 15.5 Å². The van der Waals surface area contributed by atoms with E-state index in [-0.39, 0.29) is 18.2 Å². The van der Waals surface area contributed by atoms with Crippen LogP contribution in [0.4, 0.5) is 0 Å². The molecule has 0 spiro atoms. The Morgan fingerprint density at radius 2 is 1.96 bits per heavy atom. The minimum Gasteiger partial charge on any atom is -0.504 e. The number of carbonyl (C=O) groups excluding carboxylic acids is 2. The molecule has 0 aromatic heterocycles. The number of carbonyl (C=O) groups is 2. The average Bonchev–Trinajstić information content (AvgIpc) is 2.63. The lowest BCUT2D eigenvalue weighted by Gasteiger charge is -2.06. The van der Waals surface area contributed by atoms with Crippen molar-refractivity contribution < 1.29 is 19.4 Å². The fourth-order valence-electron chi connectivity index (χ4n) is 1.96. The Morgan fingerprint density at radius 3 is 2.65 bits per heavy atom. The monoisotopic (exact) mass is 419 g/mol. The molecule has 0 bridgehead atoms. The number of phenols is 1. The van der Waals surface area contributed by atoms with Crippen molar-refractivity contribution in [3.05, 3.63) is 58.1 Å². The highest BCUT2D eigenvalue weighted by molar-refractivity contribution is 9.10. The summed E-state index contributed by atoms with van der Waals surface area (Å²) < 4.78 is 6.13. The number of hydrazone groups is 1. The molecule has 0 aliphatic heterocycles. The highest BCUT2D eigenvalue weighted by atomic mass is 79.9.